The lowest BCUT2D eigenvalue weighted by Crippen LogP contribution is -2.34. The molecule has 1 saturated heterocycles. The Morgan fingerprint density at radius 2 is 2.03 bits per heavy atom. The van der Waals surface area contributed by atoms with Crippen LogP contribution in [0.5, 0.6) is 0 Å². The van der Waals surface area contributed by atoms with Crippen molar-refractivity contribution >= 4 is 32.5 Å². The average molecular weight is 456 g/mol. The molecule has 1 atom stereocenters. The lowest BCUT2D eigenvalue weighted by atomic mass is 10.1. The Labute approximate surface area is 186 Å². The van der Waals surface area contributed by atoms with Crippen LogP contribution < -0.4 is 15.5 Å². The van der Waals surface area contributed by atoms with E-state index in [1.54, 1.807) is 12.1 Å². The van der Waals surface area contributed by atoms with Gasteiger partial charge in [0.1, 0.15) is 5.56 Å². The number of sulfonamides is 1. The van der Waals surface area contributed by atoms with Crippen molar-refractivity contribution in [2.75, 3.05) is 17.9 Å². The Morgan fingerprint density at radius 1 is 1.22 bits per heavy atom. The number of aryl methyl sites for hydroxylation is 1. The van der Waals surface area contributed by atoms with Crippen molar-refractivity contribution in [1.29, 1.82) is 0 Å². The number of aromatic amines is 1. The molecular formula is C23H25N3O5S. The number of pyridine rings is 1. The highest BCUT2D eigenvalue weighted by Crippen LogP contribution is 2.22. The van der Waals surface area contributed by atoms with E-state index >= 15 is 0 Å². The fourth-order valence-electron chi connectivity index (χ4n) is 3.77. The molecule has 168 valence electrons. The molecule has 3 aromatic rings. The van der Waals surface area contributed by atoms with Crippen LogP contribution in [0.2, 0.25) is 0 Å². The van der Waals surface area contributed by atoms with Gasteiger partial charge in [-0.05, 0) is 49.1 Å². The Kier molecular flexibility index (Phi) is 6.29. The third-order valence-electron chi connectivity index (χ3n) is 5.56. The van der Waals surface area contributed by atoms with Crippen molar-refractivity contribution in [3.8, 4) is 0 Å². The lowest BCUT2D eigenvalue weighted by Gasteiger charge is -2.13. The zero-order valence-corrected chi connectivity index (χ0v) is 18.5. The van der Waals surface area contributed by atoms with Gasteiger partial charge < -0.3 is 15.0 Å². The number of carbonyl (C=O) groups excluding carboxylic acids is 1. The number of rotatable bonds is 7. The van der Waals surface area contributed by atoms with E-state index in [0.29, 0.717) is 30.8 Å². The van der Waals surface area contributed by atoms with E-state index in [2.05, 4.69) is 15.0 Å². The van der Waals surface area contributed by atoms with Gasteiger partial charge >= 0.3 is 0 Å². The molecule has 1 amide bonds. The van der Waals surface area contributed by atoms with Crippen LogP contribution in [0.15, 0.2) is 58.4 Å². The number of aromatic nitrogens is 1. The first-order valence-electron chi connectivity index (χ1n) is 10.5. The number of carbonyl (C=O) groups is 1. The van der Waals surface area contributed by atoms with Gasteiger partial charge in [0.2, 0.25) is 5.43 Å². The second-order valence-electron chi connectivity index (χ2n) is 7.70. The Bertz CT molecular complexity index is 1310. The third kappa shape index (κ3) is 4.53. The van der Waals surface area contributed by atoms with Gasteiger partial charge in [0, 0.05) is 30.3 Å². The second-order valence-corrected chi connectivity index (χ2v) is 9.38. The fraction of sp³-hybridized carbons (Fsp3) is 0.304. The molecule has 9 heteroatoms. The molecule has 1 aliphatic heterocycles. The second kappa shape index (κ2) is 9.13. The van der Waals surface area contributed by atoms with Crippen LogP contribution in [0, 0.1) is 0 Å². The summed E-state index contributed by atoms with van der Waals surface area (Å²) in [6.45, 7) is 2.94. The monoisotopic (exact) mass is 455 g/mol. The summed E-state index contributed by atoms with van der Waals surface area (Å²) < 4.78 is 34.0. The molecule has 32 heavy (non-hydrogen) atoms. The summed E-state index contributed by atoms with van der Waals surface area (Å²) in [5.41, 5.74) is 1.19. The number of ether oxygens (including phenoxy) is 1. The van der Waals surface area contributed by atoms with E-state index in [0.717, 1.165) is 18.4 Å². The van der Waals surface area contributed by atoms with Crippen LogP contribution >= 0.6 is 0 Å². The van der Waals surface area contributed by atoms with Crippen LogP contribution in [0.3, 0.4) is 0 Å². The quantitative estimate of drug-likeness (QED) is 0.506. The van der Waals surface area contributed by atoms with E-state index < -0.39 is 21.4 Å². The average Bonchev–Trinajstić information content (AvgIpc) is 3.31. The van der Waals surface area contributed by atoms with Crippen molar-refractivity contribution in [2.24, 2.45) is 0 Å². The maximum Gasteiger partial charge on any atom is 0.261 e. The van der Waals surface area contributed by atoms with Crippen molar-refractivity contribution < 1.29 is 17.9 Å². The number of para-hydroxylation sites is 1. The molecule has 8 nitrogen and oxygen atoms in total. The highest BCUT2D eigenvalue weighted by molar-refractivity contribution is 7.92. The minimum Gasteiger partial charge on any atom is -0.376 e. The van der Waals surface area contributed by atoms with Crippen molar-refractivity contribution in [2.45, 2.75) is 37.2 Å². The molecule has 0 saturated carbocycles. The molecule has 1 fully saturated rings. The largest absolute Gasteiger partial charge is 0.376 e. The number of H-pyrrole nitrogens is 1. The van der Waals surface area contributed by atoms with Gasteiger partial charge in [-0.2, -0.15) is 0 Å². The molecule has 0 unspecified atom stereocenters. The summed E-state index contributed by atoms with van der Waals surface area (Å²) in [5, 5.41) is 2.85. The molecule has 0 bridgehead atoms. The molecule has 1 aliphatic rings. The minimum atomic E-state index is -3.93. The zero-order chi connectivity index (χ0) is 22.7. The van der Waals surface area contributed by atoms with Crippen LogP contribution in [-0.4, -0.2) is 38.6 Å². The molecule has 4 rings (SSSR count). The van der Waals surface area contributed by atoms with Crippen molar-refractivity contribution in [1.82, 2.24) is 10.3 Å². The standard InChI is InChI=1S/C23H25N3O5S/c1-2-15-6-3-4-8-20(15)26-32(29,30)17-9-10-21-18(12-17)22(27)19(14-24-21)23(28)25-13-16-7-5-11-31-16/h3-4,6,8-10,12,14,16,26H,2,5,7,11,13H2,1H3,(H,24,27)(H,25,28)/t16-/m1/s1. The summed E-state index contributed by atoms with van der Waals surface area (Å²) in [6, 6.07) is 11.4. The highest BCUT2D eigenvalue weighted by atomic mass is 32.2. The topological polar surface area (TPSA) is 117 Å². The number of benzene rings is 2. The SMILES string of the molecule is CCc1ccccc1NS(=O)(=O)c1ccc2[nH]cc(C(=O)NC[C@H]3CCCO3)c(=O)c2c1. The summed E-state index contributed by atoms with van der Waals surface area (Å²) in [6.07, 6.45) is 3.78. The number of hydrogen-bond donors (Lipinski definition) is 3. The van der Waals surface area contributed by atoms with E-state index in [1.807, 2.05) is 19.1 Å². The van der Waals surface area contributed by atoms with Crippen molar-refractivity contribution in [3.63, 3.8) is 0 Å². The number of hydrogen-bond acceptors (Lipinski definition) is 5. The van der Waals surface area contributed by atoms with Crippen LogP contribution in [-0.2, 0) is 21.2 Å². The lowest BCUT2D eigenvalue weighted by molar-refractivity contribution is 0.0857. The molecule has 0 aliphatic carbocycles. The maximum atomic E-state index is 13.0. The summed E-state index contributed by atoms with van der Waals surface area (Å²) in [4.78, 5) is 28.4. The van der Waals surface area contributed by atoms with Crippen LogP contribution in [0.1, 0.15) is 35.7 Å². The van der Waals surface area contributed by atoms with Gasteiger partial charge in [-0.25, -0.2) is 8.42 Å². The van der Waals surface area contributed by atoms with E-state index in [-0.39, 0.29) is 21.9 Å². The number of fused-ring (bicyclic) bond motifs is 1. The van der Waals surface area contributed by atoms with Gasteiger partial charge in [0.15, 0.2) is 0 Å². The highest BCUT2D eigenvalue weighted by Gasteiger charge is 2.20. The van der Waals surface area contributed by atoms with Crippen LogP contribution in [0.4, 0.5) is 5.69 Å². The predicted molar refractivity (Wildman–Crippen MR) is 123 cm³/mol. The van der Waals surface area contributed by atoms with Crippen molar-refractivity contribution in [3.05, 3.63) is 70.0 Å². The molecule has 2 heterocycles. The fourth-order valence-corrected chi connectivity index (χ4v) is 4.90. The van der Waals surface area contributed by atoms with Gasteiger partial charge in [0.25, 0.3) is 15.9 Å². The number of anilines is 1. The normalized spacial score (nSPS) is 16.2. The summed E-state index contributed by atoms with van der Waals surface area (Å²) in [5.74, 6) is -0.521. The summed E-state index contributed by atoms with van der Waals surface area (Å²) >= 11 is 0. The van der Waals surface area contributed by atoms with Crippen LogP contribution in [0.25, 0.3) is 10.9 Å². The zero-order valence-electron chi connectivity index (χ0n) is 17.7. The molecule has 1 aromatic heterocycles. The molecular weight excluding hydrogens is 430 g/mol. The minimum absolute atomic E-state index is 0.0488. The Hall–Kier alpha value is -3.17. The number of amides is 1. The first kappa shape index (κ1) is 22.0. The first-order chi connectivity index (χ1) is 15.4. The van der Waals surface area contributed by atoms with Gasteiger partial charge in [-0.15, -0.1) is 0 Å². The van der Waals surface area contributed by atoms with E-state index in [4.69, 9.17) is 4.74 Å². The molecule has 0 spiro atoms. The van der Waals surface area contributed by atoms with E-state index in [1.165, 1.54) is 24.4 Å². The first-order valence-corrected chi connectivity index (χ1v) is 12.0. The number of nitrogens with one attached hydrogen (secondary N) is 3. The molecule has 2 aromatic carbocycles. The Morgan fingerprint density at radius 3 is 2.78 bits per heavy atom. The van der Waals surface area contributed by atoms with Gasteiger partial charge in [-0.3, -0.25) is 14.3 Å². The third-order valence-corrected chi connectivity index (χ3v) is 6.93. The molecule has 3 N–H and O–H groups in total. The predicted octanol–water partition coefficient (Wildman–Crippen LogP) is 2.80. The van der Waals surface area contributed by atoms with Gasteiger partial charge in [0.05, 0.1) is 16.7 Å². The van der Waals surface area contributed by atoms with Gasteiger partial charge in [-0.1, -0.05) is 25.1 Å². The maximum absolute atomic E-state index is 13.0. The Balaban J connectivity index is 1.63. The summed E-state index contributed by atoms with van der Waals surface area (Å²) in [7, 11) is -3.93. The molecule has 0 radical (unpaired) electrons. The van der Waals surface area contributed by atoms with E-state index in [9.17, 15) is 18.0 Å². The smallest absolute Gasteiger partial charge is 0.261 e.